The molecule has 2 aromatic carbocycles. The van der Waals surface area contributed by atoms with Gasteiger partial charge in [0.05, 0.1) is 11.6 Å². The molecule has 0 bridgehead atoms. The van der Waals surface area contributed by atoms with E-state index in [1.54, 1.807) is 14.2 Å². The molecule has 0 fully saturated rings. The molecule has 0 N–H and O–H groups in total. The molecule has 43 heavy (non-hydrogen) atoms. The standard InChI is InChI=1S/C35H41BrClNO5/c1-34(2)16-25-31(27(39)18-34)30(32-26(38(25)12-9-13-41-5)17-35(3,4)19-28(32)40)22-14-23(36)33(29(15-22)42-6)43-20-21-10-7-8-11-24(21)37/h7-8,10-11,14-15,30H,9,12-13,16-20H2,1-6H3. The minimum Gasteiger partial charge on any atom is -0.493 e. The molecule has 0 saturated heterocycles. The first-order valence-electron chi connectivity index (χ1n) is 14.9. The molecule has 0 amide bonds. The number of methoxy groups -OCH3 is 2. The lowest BCUT2D eigenvalue weighted by molar-refractivity contribution is -0.119. The van der Waals surface area contributed by atoms with E-state index in [0.717, 1.165) is 52.9 Å². The Bertz CT molecular complexity index is 1450. The molecular weight excluding hydrogens is 630 g/mol. The first-order chi connectivity index (χ1) is 20.4. The highest BCUT2D eigenvalue weighted by Gasteiger charge is 2.49. The summed E-state index contributed by atoms with van der Waals surface area (Å²) >= 11 is 10.1. The second-order valence-electron chi connectivity index (χ2n) is 13.4. The number of hydrogen-bond acceptors (Lipinski definition) is 6. The minimum absolute atomic E-state index is 0.103. The van der Waals surface area contributed by atoms with Crippen LogP contribution in [0.25, 0.3) is 0 Å². The molecule has 0 spiro atoms. The van der Waals surface area contributed by atoms with Crippen LogP contribution in [0.5, 0.6) is 11.5 Å². The zero-order valence-electron chi connectivity index (χ0n) is 25.9. The maximum atomic E-state index is 14.1. The molecule has 0 saturated carbocycles. The van der Waals surface area contributed by atoms with Crippen LogP contribution in [0.1, 0.15) is 76.8 Å². The molecule has 0 radical (unpaired) electrons. The molecule has 1 heterocycles. The second kappa shape index (κ2) is 12.4. The highest BCUT2D eigenvalue weighted by Crippen LogP contribution is 2.55. The molecule has 2 aromatic rings. The smallest absolute Gasteiger partial charge is 0.175 e. The number of nitrogens with zero attached hydrogens (tertiary/aromatic N) is 1. The molecule has 8 heteroatoms. The summed E-state index contributed by atoms with van der Waals surface area (Å²) in [4.78, 5) is 30.5. The summed E-state index contributed by atoms with van der Waals surface area (Å²) in [6.45, 7) is 10.2. The third kappa shape index (κ3) is 6.45. The number of ketones is 2. The number of rotatable bonds is 9. The molecular formula is C35H41BrClNO5. The van der Waals surface area contributed by atoms with Crippen molar-refractivity contribution in [2.45, 2.75) is 72.3 Å². The monoisotopic (exact) mass is 669 g/mol. The average Bonchev–Trinajstić information content (AvgIpc) is 2.92. The fourth-order valence-corrected chi connectivity index (χ4v) is 7.59. The van der Waals surface area contributed by atoms with Gasteiger partial charge in [-0.2, -0.15) is 0 Å². The molecule has 3 aliphatic rings. The Morgan fingerprint density at radius 2 is 1.53 bits per heavy atom. The largest absolute Gasteiger partial charge is 0.493 e. The highest BCUT2D eigenvalue weighted by atomic mass is 79.9. The summed E-state index contributed by atoms with van der Waals surface area (Å²) in [5.41, 5.74) is 4.90. The van der Waals surface area contributed by atoms with Crippen LogP contribution in [-0.2, 0) is 20.9 Å². The van der Waals surface area contributed by atoms with E-state index in [1.165, 1.54) is 0 Å². The Morgan fingerprint density at radius 3 is 2.09 bits per heavy atom. The maximum Gasteiger partial charge on any atom is 0.175 e. The van der Waals surface area contributed by atoms with Crippen molar-refractivity contribution in [1.82, 2.24) is 4.90 Å². The third-order valence-corrected chi connectivity index (χ3v) is 9.62. The van der Waals surface area contributed by atoms with Crippen LogP contribution >= 0.6 is 27.5 Å². The van der Waals surface area contributed by atoms with E-state index in [-0.39, 0.29) is 29.0 Å². The molecule has 6 nitrogen and oxygen atoms in total. The van der Waals surface area contributed by atoms with Gasteiger partial charge in [0.25, 0.3) is 0 Å². The Balaban J connectivity index is 1.65. The van der Waals surface area contributed by atoms with Gasteiger partial charge in [0.2, 0.25) is 0 Å². The van der Waals surface area contributed by atoms with Gasteiger partial charge in [-0.25, -0.2) is 0 Å². The van der Waals surface area contributed by atoms with Crippen molar-refractivity contribution >= 4 is 39.1 Å². The Hall–Kier alpha value is -2.61. The zero-order valence-corrected chi connectivity index (χ0v) is 28.3. The molecule has 2 aliphatic carbocycles. The first-order valence-corrected chi connectivity index (χ1v) is 16.1. The summed E-state index contributed by atoms with van der Waals surface area (Å²) in [5.74, 6) is 0.797. The van der Waals surface area contributed by atoms with Gasteiger partial charge in [-0.1, -0.05) is 57.5 Å². The first kappa shape index (κ1) is 31.8. The predicted molar refractivity (Wildman–Crippen MR) is 173 cm³/mol. The van der Waals surface area contributed by atoms with Crippen molar-refractivity contribution in [2.75, 3.05) is 27.4 Å². The molecule has 230 valence electrons. The lowest BCUT2D eigenvalue weighted by atomic mass is 9.63. The van der Waals surface area contributed by atoms with Gasteiger partial charge in [0, 0.05) is 72.1 Å². The zero-order chi connectivity index (χ0) is 31.1. The van der Waals surface area contributed by atoms with Crippen molar-refractivity contribution in [3.05, 3.63) is 79.6 Å². The van der Waals surface area contributed by atoms with Crippen molar-refractivity contribution in [1.29, 1.82) is 0 Å². The molecule has 0 unspecified atom stereocenters. The normalized spacial score (nSPS) is 19.9. The molecule has 5 rings (SSSR count). The fraction of sp³-hybridized carbons (Fsp3) is 0.486. The van der Waals surface area contributed by atoms with E-state index in [0.29, 0.717) is 47.0 Å². The Kier molecular flexibility index (Phi) is 9.18. The lowest BCUT2D eigenvalue weighted by Crippen LogP contribution is -2.44. The van der Waals surface area contributed by atoms with Crippen LogP contribution in [0.4, 0.5) is 0 Å². The van der Waals surface area contributed by atoms with Gasteiger partial charge in [-0.05, 0) is 69.8 Å². The van der Waals surface area contributed by atoms with Crippen LogP contribution in [0, 0.1) is 10.8 Å². The van der Waals surface area contributed by atoms with E-state index in [4.69, 9.17) is 25.8 Å². The summed E-state index contributed by atoms with van der Waals surface area (Å²) in [6, 6.07) is 11.5. The minimum atomic E-state index is -0.473. The van der Waals surface area contributed by atoms with E-state index in [2.05, 4.69) is 48.5 Å². The summed E-state index contributed by atoms with van der Waals surface area (Å²) in [6.07, 6.45) is 3.21. The van der Waals surface area contributed by atoms with Crippen molar-refractivity contribution < 1.29 is 23.8 Å². The van der Waals surface area contributed by atoms with Crippen LogP contribution < -0.4 is 9.47 Å². The fourth-order valence-electron chi connectivity index (χ4n) is 6.83. The number of Topliss-reactive ketones (excluding diaryl/α,β-unsaturated/α-hetero) is 2. The number of allylic oxidation sites excluding steroid dienone is 4. The summed E-state index contributed by atoms with van der Waals surface area (Å²) in [7, 11) is 3.31. The van der Waals surface area contributed by atoms with Crippen LogP contribution in [-0.4, -0.2) is 43.8 Å². The third-order valence-electron chi connectivity index (χ3n) is 8.67. The Morgan fingerprint density at radius 1 is 0.930 bits per heavy atom. The summed E-state index contributed by atoms with van der Waals surface area (Å²) in [5, 5.41) is 0.628. The number of benzene rings is 2. The van der Waals surface area contributed by atoms with E-state index < -0.39 is 5.92 Å². The van der Waals surface area contributed by atoms with Gasteiger partial charge in [-0.15, -0.1) is 0 Å². The van der Waals surface area contributed by atoms with Crippen LogP contribution in [0.15, 0.2) is 63.4 Å². The van der Waals surface area contributed by atoms with Gasteiger partial charge in [0.15, 0.2) is 23.1 Å². The highest BCUT2D eigenvalue weighted by molar-refractivity contribution is 9.10. The lowest BCUT2D eigenvalue weighted by Gasteiger charge is -2.49. The molecule has 1 aliphatic heterocycles. The number of ether oxygens (including phenoxy) is 3. The topological polar surface area (TPSA) is 65.1 Å². The SMILES string of the molecule is COCCCN1C2=C(C(=O)CC(C)(C)C2)C(c2cc(Br)c(OCc3ccccc3Cl)c(OC)c2)C2=C1CC(C)(C)CC2=O. The van der Waals surface area contributed by atoms with Gasteiger partial charge in [-0.3, -0.25) is 9.59 Å². The predicted octanol–water partition coefficient (Wildman–Crippen LogP) is 8.41. The van der Waals surface area contributed by atoms with E-state index in [9.17, 15) is 9.59 Å². The Labute approximate surface area is 268 Å². The number of carbonyl (C=O) groups is 2. The van der Waals surface area contributed by atoms with Crippen molar-refractivity contribution in [2.24, 2.45) is 10.8 Å². The van der Waals surface area contributed by atoms with Gasteiger partial charge >= 0.3 is 0 Å². The quantitative estimate of drug-likeness (QED) is 0.250. The number of hydrogen-bond donors (Lipinski definition) is 0. The van der Waals surface area contributed by atoms with Crippen molar-refractivity contribution in [3.63, 3.8) is 0 Å². The van der Waals surface area contributed by atoms with Gasteiger partial charge in [0.1, 0.15) is 6.61 Å². The second-order valence-corrected chi connectivity index (χ2v) is 14.7. The van der Waals surface area contributed by atoms with E-state index in [1.807, 2.05) is 36.4 Å². The van der Waals surface area contributed by atoms with Gasteiger partial charge < -0.3 is 19.1 Å². The van der Waals surface area contributed by atoms with E-state index >= 15 is 0 Å². The number of carbonyl (C=O) groups excluding carboxylic acids is 2. The average molecular weight is 671 g/mol. The maximum absolute atomic E-state index is 14.1. The van der Waals surface area contributed by atoms with Crippen molar-refractivity contribution in [3.8, 4) is 11.5 Å². The molecule has 0 aromatic heterocycles. The van der Waals surface area contributed by atoms with Crippen LogP contribution in [0.3, 0.4) is 0 Å². The van der Waals surface area contributed by atoms with Crippen LogP contribution in [0.2, 0.25) is 5.02 Å². The number of halogens is 2. The molecule has 0 atom stereocenters. The summed E-state index contributed by atoms with van der Waals surface area (Å²) < 4.78 is 18.1.